The summed E-state index contributed by atoms with van der Waals surface area (Å²) in [5.41, 5.74) is 0. The van der Waals surface area contributed by atoms with E-state index in [0.717, 1.165) is 0 Å². The number of imidazole rings is 1. The molecule has 0 saturated carbocycles. The van der Waals surface area contributed by atoms with Gasteiger partial charge in [0.15, 0.2) is 0 Å². The van der Waals surface area contributed by atoms with Crippen molar-refractivity contribution in [1.82, 2.24) is 4.98 Å². The van der Waals surface area contributed by atoms with E-state index in [4.69, 9.17) is 0 Å². The number of unbranched alkanes of at least 4 members (excludes halogenated alkanes) is 35. The first-order valence-corrected chi connectivity index (χ1v) is 24.8. The third-order valence-corrected chi connectivity index (χ3v) is 12.4. The quantitative estimate of drug-likeness (QED) is 0.0510. The second-order valence-corrected chi connectivity index (χ2v) is 17.5. The van der Waals surface area contributed by atoms with Crippen LogP contribution in [0.15, 0.2) is 12.4 Å². The maximum atomic E-state index is 3.79. The highest BCUT2D eigenvalue weighted by atomic mass is 15.1. The first-order chi connectivity index (χ1) is 25.7. The summed E-state index contributed by atoms with van der Waals surface area (Å²) in [7, 11) is 0. The fourth-order valence-electron chi connectivity index (χ4n) is 8.73. The van der Waals surface area contributed by atoms with Crippen molar-refractivity contribution in [2.24, 2.45) is 0 Å². The molecule has 2 heteroatoms. The molecular formula is C50H99N2+. The normalized spacial score (nSPS) is 12.9. The standard InChI is InChI=1S/C50H98N2/c1-5-8-11-14-17-20-22-24-26-28-30-33-36-39-42-45-49(44-41-38-35-32-29-27-25-23-21-18-15-12-9-6-2)50-51-46-47-52(50)48(4)43-40-37-34-31-19-16-13-10-7-3/h46-49H,5-45H2,1-4H3/p+1. The van der Waals surface area contributed by atoms with Crippen LogP contribution in [0.5, 0.6) is 0 Å². The van der Waals surface area contributed by atoms with E-state index < -0.39 is 0 Å². The molecule has 1 heterocycles. The molecule has 0 bridgehead atoms. The van der Waals surface area contributed by atoms with Crippen LogP contribution in [-0.2, 0) is 0 Å². The minimum Gasteiger partial charge on any atom is -0.247 e. The van der Waals surface area contributed by atoms with E-state index in [9.17, 15) is 0 Å². The lowest BCUT2D eigenvalue weighted by Gasteiger charge is -2.17. The van der Waals surface area contributed by atoms with Gasteiger partial charge in [-0.15, -0.1) is 0 Å². The van der Waals surface area contributed by atoms with Crippen LogP contribution in [0.2, 0.25) is 0 Å². The highest BCUT2D eigenvalue weighted by Gasteiger charge is 2.25. The molecule has 0 aliphatic rings. The molecule has 1 N–H and O–H groups in total. The smallest absolute Gasteiger partial charge is 0.247 e. The number of nitrogens with zero attached hydrogens (tertiary/aromatic N) is 1. The number of aromatic nitrogens is 2. The molecule has 0 radical (unpaired) electrons. The van der Waals surface area contributed by atoms with E-state index in [1.807, 2.05) is 0 Å². The molecular weight excluding hydrogens is 629 g/mol. The lowest BCUT2D eigenvalue weighted by molar-refractivity contribution is -0.727. The van der Waals surface area contributed by atoms with E-state index in [0.29, 0.717) is 12.0 Å². The van der Waals surface area contributed by atoms with Gasteiger partial charge in [0, 0.05) is 0 Å². The Morgan fingerprint density at radius 2 is 0.615 bits per heavy atom. The third-order valence-electron chi connectivity index (χ3n) is 12.4. The number of aromatic amines is 1. The number of hydrogen-bond donors (Lipinski definition) is 1. The molecule has 1 aromatic heterocycles. The SMILES string of the molecule is CCCCCCCCCCCCCCCCCC(CCCCCCCCCCCCCCCC)c1[nH]cc[n+]1C(C)CCCCCCCCCCC. The predicted octanol–water partition coefficient (Wildman–Crippen LogP) is 18.0. The Morgan fingerprint density at radius 3 is 0.904 bits per heavy atom. The van der Waals surface area contributed by atoms with Crippen molar-refractivity contribution in [3.05, 3.63) is 18.2 Å². The fraction of sp³-hybridized carbons (Fsp3) is 0.940. The van der Waals surface area contributed by atoms with Crippen molar-refractivity contribution >= 4 is 0 Å². The zero-order valence-corrected chi connectivity index (χ0v) is 36.7. The summed E-state index contributed by atoms with van der Waals surface area (Å²) >= 11 is 0. The van der Waals surface area contributed by atoms with E-state index in [1.54, 1.807) is 5.82 Å². The highest BCUT2D eigenvalue weighted by Crippen LogP contribution is 2.28. The van der Waals surface area contributed by atoms with Crippen LogP contribution < -0.4 is 4.57 Å². The van der Waals surface area contributed by atoms with E-state index in [2.05, 4.69) is 49.6 Å². The van der Waals surface area contributed by atoms with Gasteiger partial charge in [0.25, 0.3) is 5.82 Å². The summed E-state index contributed by atoms with van der Waals surface area (Å²) in [6, 6.07) is 0.616. The van der Waals surface area contributed by atoms with Gasteiger partial charge in [0.1, 0.15) is 12.4 Å². The van der Waals surface area contributed by atoms with Crippen LogP contribution in [0, 0.1) is 0 Å². The summed E-state index contributed by atoms with van der Waals surface area (Å²) in [6.07, 6.45) is 63.6. The van der Waals surface area contributed by atoms with Crippen LogP contribution in [0.3, 0.4) is 0 Å². The molecule has 0 amide bonds. The van der Waals surface area contributed by atoms with Crippen molar-refractivity contribution < 1.29 is 4.57 Å². The lowest BCUT2D eigenvalue weighted by Crippen LogP contribution is -2.41. The minimum atomic E-state index is 0.616. The number of H-pyrrole nitrogens is 1. The molecule has 52 heavy (non-hydrogen) atoms. The van der Waals surface area contributed by atoms with Gasteiger partial charge in [-0.1, -0.05) is 258 Å². The van der Waals surface area contributed by atoms with Crippen LogP contribution in [-0.4, -0.2) is 4.98 Å². The van der Waals surface area contributed by atoms with Crippen LogP contribution >= 0.6 is 0 Å². The van der Waals surface area contributed by atoms with Crippen molar-refractivity contribution in [2.75, 3.05) is 0 Å². The number of nitrogens with one attached hydrogen (secondary N) is 1. The molecule has 0 aliphatic heterocycles. The number of rotatable bonds is 43. The Kier molecular flexibility index (Phi) is 37.8. The summed E-state index contributed by atoms with van der Waals surface area (Å²) in [6.45, 7) is 9.44. The molecule has 0 spiro atoms. The van der Waals surface area contributed by atoms with E-state index in [-0.39, 0.29) is 0 Å². The first kappa shape index (κ1) is 49.2. The summed E-state index contributed by atoms with van der Waals surface area (Å²) in [5, 5.41) is 0. The maximum Gasteiger partial charge on any atom is 0.257 e. The van der Waals surface area contributed by atoms with E-state index >= 15 is 0 Å². The first-order valence-electron chi connectivity index (χ1n) is 24.8. The van der Waals surface area contributed by atoms with Crippen molar-refractivity contribution in [2.45, 2.75) is 303 Å². The Hall–Kier alpha value is -0.790. The van der Waals surface area contributed by atoms with Crippen LogP contribution in [0.1, 0.15) is 309 Å². The molecule has 2 atom stereocenters. The Morgan fingerprint density at radius 1 is 0.365 bits per heavy atom. The second-order valence-electron chi connectivity index (χ2n) is 17.5. The zero-order chi connectivity index (χ0) is 37.4. The predicted molar refractivity (Wildman–Crippen MR) is 235 cm³/mol. The van der Waals surface area contributed by atoms with Crippen molar-refractivity contribution in [3.63, 3.8) is 0 Å². The average molecular weight is 728 g/mol. The van der Waals surface area contributed by atoms with Gasteiger partial charge in [-0.25, -0.2) is 9.55 Å². The molecule has 2 unspecified atom stereocenters. The molecule has 1 aromatic rings. The van der Waals surface area contributed by atoms with Gasteiger partial charge >= 0.3 is 0 Å². The van der Waals surface area contributed by atoms with Gasteiger partial charge < -0.3 is 0 Å². The topological polar surface area (TPSA) is 19.7 Å². The number of hydrogen-bond acceptors (Lipinski definition) is 0. The highest BCUT2D eigenvalue weighted by molar-refractivity contribution is 4.90. The Labute approximate surface area is 329 Å². The fourth-order valence-corrected chi connectivity index (χ4v) is 8.73. The Balaban J connectivity index is 2.36. The van der Waals surface area contributed by atoms with Gasteiger partial charge in [0.05, 0.1) is 12.0 Å². The average Bonchev–Trinajstić information content (AvgIpc) is 3.65. The van der Waals surface area contributed by atoms with Crippen molar-refractivity contribution in [1.29, 1.82) is 0 Å². The second kappa shape index (κ2) is 39.9. The monoisotopic (exact) mass is 728 g/mol. The zero-order valence-electron chi connectivity index (χ0n) is 36.7. The van der Waals surface area contributed by atoms with Gasteiger partial charge in [-0.2, -0.15) is 0 Å². The molecule has 308 valence electrons. The summed E-state index contributed by atoms with van der Waals surface area (Å²) < 4.78 is 2.66. The van der Waals surface area contributed by atoms with Crippen LogP contribution in [0.25, 0.3) is 0 Å². The van der Waals surface area contributed by atoms with Gasteiger partial charge in [0.2, 0.25) is 0 Å². The minimum absolute atomic E-state index is 0.616. The van der Waals surface area contributed by atoms with Gasteiger partial charge in [-0.05, 0) is 32.6 Å². The molecule has 0 saturated heterocycles. The summed E-state index contributed by atoms with van der Waals surface area (Å²) in [5.74, 6) is 2.25. The molecule has 0 aliphatic carbocycles. The van der Waals surface area contributed by atoms with Crippen LogP contribution in [0.4, 0.5) is 0 Å². The lowest BCUT2D eigenvalue weighted by atomic mass is 9.92. The maximum absolute atomic E-state index is 3.79. The van der Waals surface area contributed by atoms with Gasteiger partial charge in [-0.3, -0.25) is 0 Å². The molecule has 1 rings (SSSR count). The third kappa shape index (κ3) is 30.5. The largest absolute Gasteiger partial charge is 0.257 e. The molecule has 0 fully saturated rings. The Bertz CT molecular complexity index is 798. The van der Waals surface area contributed by atoms with Crippen molar-refractivity contribution in [3.8, 4) is 0 Å². The molecule has 0 aromatic carbocycles. The molecule has 2 nitrogen and oxygen atoms in total. The van der Waals surface area contributed by atoms with E-state index in [1.165, 1.54) is 263 Å². The summed E-state index contributed by atoms with van der Waals surface area (Å²) in [4.78, 5) is 3.79.